The summed E-state index contributed by atoms with van der Waals surface area (Å²) in [4.78, 5) is 0. The van der Waals surface area contributed by atoms with Crippen molar-refractivity contribution in [1.82, 2.24) is 15.1 Å². The molecule has 1 aliphatic rings. The average molecular weight is 302 g/mol. The molecule has 2 N–H and O–H groups in total. The molecule has 0 amide bonds. The van der Waals surface area contributed by atoms with E-state index in [0.29, 0.717) is 5.92 Å². The van der Waals surface area contributed by atoms with Crippen molar-refractivity contribution in [3.05, 3.63) is 36.0 Å². The molecule has 2 heterocycles. The molecule has 1 atom stereocenters. The molecule has 3 rings (SSSR count). The van der Waals surface area contributed by atoms with E-state index in [2.05, 4.69) is 21.8 Å². The highest BCUT2D eigenvalue weighted by molar-refractivity contribution is 5.46. The molecule has 0 radical (unpaired) electrons. The summed E-state index contributed by atoms with van der Waals surface area (Å²) in [6.07, 6.45) is 1.83. The zero-order valence-electron chi connectivity index (χ0n) is 13.0. The summed E-state index contributed by atoms with van der Waals surface area (Å²) in [6, 6.07) is 7.95. The van der Waals surface area contributed by atoms with Crippen molar-refractivity contribution < 1.29 is 9.47 Å². The second-order valence-electron chi connectivity index (χ2n) is 5.43. The fourth-order valence-corrected chi connectivity index (χ4v) is 2.83. The van der Waals surface area contributed by atoms with Crippen LogP contribution in [0.5, 0.6) is 11.5 Å². The van der Waals surface area contributed by atoms with Gasteiger partial charge in [-0.15, -0.1) is 0 Å². The zero-order chi connectivity index (χ0) is 15.4. The van der Waals surface area contributed by atoms with E-state index in [-0.39, 0.29) is 0 Å². The number of rotatable bonds is 6. The molecule has 0 bridgehead atoms. The van der Waals surface area contributed by atoms with E-state index in [4.69, 9.17) is 9.47 Å². The van der Waals surface area contributed by atoms with E-state index in [1.54, 1.807) is 14.2 Å². The average Bonchev–Trinajstić information content (AvgIpc) is 3.02. The van der Waals surface area contributed by atoms with Gasteiger partial charge < -0.3 is 20.1 Å². The topological polar surface area (TPSA) is 60.3 Å². The molecule has 6 heteroatoms. The lowest BCUT2D eigenvalue weighted by Crippen LogP contribution is -2.35. The van der Waals surface area contributed by atoms with E-state index in [0.717, 1.165) is 49.1 Å². The van der Waals surface area contributed by atoms with Gasteiger partial charge in [0.1, 0.15) is 5.82 Å². The van der Waals surface area contributed by atoms with E-state index in [1.807, 2.05) is 29.1 Å². The Labute approximate surface area is 130 Å². The van der Waals surface area contributed by atoms with E-state index in [1.165, 1.54) is 0 Å². The largest absolute Gasteiger partial charge is 0.493 e. The first-order valence-corrected chi connectivity index (χ1v) is 7.48. The van der Waals surface area contributed by atoms with Gasteiger partial charge in [0.25, 0.3) is 0 Å². The highest BCUT2D eigenvalue weighted by Gasteiger charge is 2.18. The maximum atomic E-state index is 5.45. The highest BCUT2D eigenvalue weighted by Crippen LogP contribution is 2.30. The van der Waals surface area contributed by atoms with Crippen LogP contribution in [0.2, 0.25) is 0 Å². The van der Waals surface area contributed by atoms with Gasteiger partial charge in [-0.2, -0.15) is 5.10 Å². The Morgan fingerprint density at radius 1 is 1.32 bits per heavy atom. The Morgan fingerprint density at radius 2 is 2.23 bits per heavy atom. The molecule has 0 saturated heterocycles. The Hall–Kier alpha value is -2.21. The molecule has 0 fully saturated rings. The van der Waals surface area contributed by atoms with E-state index in [9.17, 15) is 0 Å². The Kier molecular flexibility index (Phi) is 4.48. The number of hydrogen-bond acceptors (Lipinski definition) is 5. The number of anilines is 1. The van der Waals surface area contributed by atoms with Gasteiger partial charge in [-0.25, -0.2) is 4.68 Å². The van der Waals surface area contributed by atoms with Crippen LogP contribution in [0.1, 0.15) is 5.56 Å². The highest BCUT2D eigenvalue weighted by atomic mass is 16.5. The third-order valence-electron chi connectivity index (χ3n) is 3.95. The van der Waals surface area contributed by atoms with Gasteiger partial charge in [-0.05, 0) is 6.07 Å². The Balaban J connectivity index is 1.56. The lowest BCUT2D eigenvalue weighted by molar-refractivity contribution is 0.348. The molecule has 0 aliphatic carbocycles. The van der Waals surface area contributed by atoms with Crippen LogP contribution in [0.15, 0.2) is 30.5 Å². The van der Waals surface area contributed by atoms with Gasteiger partial charge in [0, 0.05) is 43.7 Å². The molecule has 1 aliphatic heterocycles. The van der Waals surface area contributed by atoms with Crippen molar-refractivity contribution in [2.75, 3.05) is 32.6 Å². The van der Waals surface area contributed by atoms with Crippen LogP contribution < -0.4 is 20.1 Å². The molecule has 22 heavy (non-hydrogen) atoms. The number of aromatic nitrogens is 2. The molecule has 1 aromatic carbocycles. The predicted molar refractivity (Wildman–Crippen MR) is 85.5 cm³/mol. The number of nitrogens with zero attached hydrogens (tertiary/aromatic N) is 2. The van der Waals surface area contributed by atoms with Gasteiger partial charge in [0.15, 0.2) is 11.5 Å². The van der Waals surface area contributed by atoms with Crippen LogP contribution in [-0.4, -0.2) is 37.1 Å². The normalized spacial score (nSPS) is 16.7. The van der Waals surface area contributed by atoms with Crippen molar-refractivity contribution in [2.24, 2.45) is 5.92 Å². The van der Waals surface area contributed by atoms with Gasteiger partial charge >= 0.3 is 0 Å². The summed E-state index contributed by atoms with van der Waals surface area (Å²) in [6.45, 7) is 3.58. The molecular formula is C16H22N4O2. The fraction of sp³-hybridized carbons (Fsp3) is 0.438. The van der Waals surface area contributed by atoms with Gasteiger partial charge in [0.2, 0.25) is 0 Å². The van der Waals surface area contributed by atoms with E-state index >= 15 is 0 Å². The van der Waals surface area contributed by atoms with Crippen LogP contribution in [0, 0.1) is 5.92 Å². The summed E-state index contributed by atoms with van der Waals surface area (Å²) in [5, 5.41) is 11.2. The summed E-state index contributed by atoms with van der Waals surface area (Å²) < 4.78 is 12.8. The van der Waals surface area contributed by atoms with Crippen LogP contribution in [0.4, 0.5) is 5.82 Å². The lowest BCUT2D eigenvalue weighted by atomic mass is 10.1. The van der Waals surface area contributed by atoms with Gasteiger partial charge in [-0.3, -0.25) is 0 Å². The maximum Gasteiger partial charge on any atom is 0.165 e. The third kappa shape index (κ3) is 3.01. The first kappa shape index (κ1) is 14.7. The first-order valence-electron chi connectivity index (χ1n) is 7.48. The van der Waals surface area contributed by atoms with Crippen molar-refractivity contribution in [3.8, 4) is 11.5 Å². The minimum atomic E-state index is 0.518. The van der Waals surface area contributed by atoms with Crippen LogP contribution in [0.25, 0.3) is 0 Å². The molecule has 2 aromatic rings. The number of methoxy groups -OCH3 is 2. The number of nitrogens with one attached hydrogen (secondary N) is 2. The molecule has 1 aromatic heterocycles. The van der Waals surface area contributed by atoms with Crippen molar-refractivity contribution in [2.45, 2.75) is 13.1 Å². The number of para-hydroxylation sites is 1. The van der Waals surface area contributed by atoms with E-state index < -0.39 is 0 Å². The molecule has 118 valence electrons. The third-order valence-corrected chi connectivity index (χ3v) is 3.95. The van der Waals surface area contributed by atoms with Gasteiger partial charge in [0.05, 0.1) is 20.4 Å². The van der Waals surface area contributed by atoms with Crippen LogP contribution in [-0.2, 0) is 13.1 Å². The Bertz CT molecular complexity index is 626. The molecule has 1 unspecified atom stereocenters. The summed E-state index contributed by atoms with van der Waals surface area (Å²) in [5.74, 6) is 3.19. The molecular weight excluding hydrogens is 280 g/mol. The second-order valence-corrected chi connectivity index (χ2v) is 5.43. The smallest absolute Gasteiger partial charge is 0.165 e. The Morgan fingerprint density at radius 3 is 3.05 bits per heavy atom. The second kappa shape index (κ2) is 6.70. The molecule has 6 nitrogen and oxygen atoms in total. The number of hydrogen-bond donors (Lipinski definition) is 2. The SMILES string of the molecule is COc1cccc(CNCC2CNc3ccnn3C2)c1OC. The quantitative estimate of drug-likeness (QED) is 0.851. The fourth-order valence-electron chi connectivity index (χ4n) is 2.83. The van der Waals surface area contributed by atoms with Crippen LogP contribution >= 0.6 is 0 Å². The summed E-state index contributed by atoms with van der Waals surface area (Å²) in [7, 11) is 3.33. The number of benzene rings is 1. The minimum absolute atomic E-state index is 0.518. The lowest BCUT2D eigenvalue weighted by Gasteiger charge is -2.25. The zero-order valence-corrected chi connectivity index (χ0v) is 13.0. The number of fused-ring (bicyclic) bond motifs is 1. The van der Waals surface area contributed by atoms with Crippen LogP contribution in [0.3, 0.4) is 0 Å². The minimum Gasteiger partial charge on any atom is -0.493 e. The standard InChI is InChI=1S/C16H22N4O2/c1-21-14-5-3-4-13(16(14)22-2)10-17-8-12-9-18-15-6-7-19-20(15)11-12/h3-7,12,17-18H,8-11H2,1-2H3. The first-order chi connectivity index (χ1) is 10.8. The molecule has 0 saturated carbocycles. The van der Waals surface area contributed by atoms with Crippen molar-refractivity contribution in [3.63, 3.8) is 0 Å². The summed E-state index contributed by atoms with van der Waals surface area (Å²) >= 11 is 0. The van der Waals surface area contributed by atoms with Gasteiger partial charge in [-0.1, -0.05) is 12.1 Å². The molecule has 0 spiro atoms. The van der Waals surface area contributed by atoms with Crippen molar-refractivity contribution >= 4 is 5.82 Å². The number of ether oxygens (including phenoxy) is 2. The summed E-state index contributed by atoms with van der Waals surface area (Å²) in [5.41, 5.74) is 1.10. The monoisotopic (exact) mass is 302 g/mol. The van der Waals surface area contributed by atoms with Crippen molar-refractivity contribution in [1.29, 1.82) is 0 Å². The maximum absolute atomic E-state index is 5.45. The predicted octanol–water partition coefficient (Wildman–Crippen LogP) is 1.73.